The van der Waals surface area contributed by atoms with Gasteiger partial charge in [-0.2, -0.15) is 0 Å². The summed E-state index contributed by atoms with van der Waals surface area (Å²) in [5.74, 6) is 0.287. The molecule has 2 aliphatic rings. The highest BCUT2D eigenvalue weighted by molar-refractivity contribution is 7.15. The number of nitrogens with zero attached hydrogens (tertiary/aromatic N) is 5. The van der Waals surface area contributed by atoms with E-state index >= 15 is 0 Å². The average molecular weight is 406 g/mol. The molecule has 1 aromatic heterocycles. The number of amides is 1. The van der Waals surface area contributed by atoms with Crippen LogP contribution in [0.1, 0.15) is 23.4 Å². The Bertz CT molecular complexity index is 788. The topological polar surface area (TPSA) is 52.6 Å². The molecule has 144 valence electrons. The number of anilines is 1. The van der Waals surface area contributed by atoms with E-state index in [4.69, 9.17) is 11.6 Å². The van der Waals surface area contributed by atoms with Crippen LogP contribution in [-0.2, 0) is 11.2 Å². The number of hydrogen-bond donors (Lipinski definition) is 0. The first-order valence-electron chi connectivity index (χ1n) is 9.41. The number of benzene rings is 1. The van der Waals surface area contributed by atoms with Gasteiger partial charge < -0.3 is 9.80 Å². The summed E-state index contributed by atoms with van der Waals surface area (Å²) in [5, 5.41) is 11.4. The number of halogens is 1. The molecular weight excluding hydrogens is 382 g/mol. The monoisotopic (exact) mass is 405 g/mol. The molecular formula is C19H24ClN5OS. The molecule has 4 rings (SSSR count). The standard InChI is InChI=1S/C19H24ClN5OS/c1-23-8-2-3-16(23)18(26)24-9-11-25(12-10-24)19-22-21-17(27-19)13-14-4-6-15(20)7-5-14/h4-7,16H,2-3,8-13H2,1H3. The van der Waals surface area contributed by atoms with Crippen molar-refractivity contribution in [3.05, 3.63) is 39.9 Å². The minimum atomic E-state index is 0.0732. The van der Waals surface area contributed by atoms with Gasteiger partial charge >= 0.3 is 0 Å². The lowest BCUT2D eigenvalue weighted by molar-refractivity contribution is -0.135. The maximum atomic E-state index is 12.7. The van der Waals surface area contributed by atoms with E-state index in [9.17, 15) is 4.79 Å². The predicted octanol–water partition coefficient (Wildman–Crippen LogP) is 2.53. The Morgan fingerprint density at radius 2 is 1.89 bits per heavy atom. The fraction of sp³-hybridized carbons (Fsp3) is 0.526. The van der Waals surface area contributed by atoms with E-state index in [1.54, 1.807) is 11.3 Å². The van der Waals surface area contributed by atoms with Crippen LogP contribution in [0.2, 0.25) is 5.02 Å². The van der Waals surface area contributed by atoms with Crippen molar-refractivity contribution >= 4 is 34.0 Å². The zero-order valence-electron chi connectivity index (χ0n) is 15.5. The number of piperazine rings is 1. The molecule has 6 nitrogen and oxygen atoms in total. The number of rotatable bonds is 4. The van der Waals surface area contributed by atoms with Crippen LogP contribution in [-0.4, -0.2) is 71.7 Å². The lowest BCUT2D eigenvalue weighted by Gasteiger charge is -2.36. The van der Waals surface area contributed by atoms with Crippen molar-refractivity contribution in [2.45, 2.75) is 25.3 Å². The SMILES string of the molecule is CN1CCCC1C(=O)N1CCN(c2nnc(Cc3ccc(Cl)cc3)s2)CC1. The first kappa shape index (κ1) is 18.7. The first-order valence-corrected chi connectivity index (χ1v) is 10.6. The Balaban J connectivity index is 1.32. The van der Waals surface area contributed by atoms with Crippen LogP contribution in [0.4, 0.5) is 5.13 Å². The molecule has 1 aromatic carbocycles. The molecule has 8 heteroatoms. The highest BCUT2D eigenvalue weighted by Gasteiger charge is 2.33. The van der Waals surface area contributed by atoms with E-state index in [0.29, 0.717) is 0 Å². The zero-order chi connectivity index (χ0) is 18.8. The van der Waals surface area contributed by atoms with Gasteiger partial charge in [-0.25, -0.2) is 0 Å². The molecule has 0 spiro atoms. The molecule has 0 radical (unpaired) electrons. The van der Waals surface area contributed by atoms with E-state index in [0.717, 1.165) is 67.1 Å². The maximum Gasteiger partial charge on any atom is 0.240 e. The molecule has 0 bridgehead atoms. The summed E-state index contributed by atoms with van der Waals surface area (Å²) < 4.78 is 0. The number of carbonyl (C=O) groups excluding carboxylic acids is 1. The van der Waals surface area contributed by atoms with Crippen molar-refractivity contribution in [3.8, 4) is 0 Å². The maximum absolute atomic E-state index is 12.7. The van der Waals surface area contributed by atoms with E-state index in [1.807, 2.05) is 29.2 Å². The first-order chi connectivity index (χ1) is 13.1. The molecule has 2 fully saturated rings. The van der Waals surface area contributed by atoms with Crippen LogP contribution in [0.5, 0.6) is 0 Å². The van der Waals surface area contributed by atoms with Crippen molar-refractivity contribution in [1.29, 1.82) is 0 Å². The number of aromatic nitrogens is 2. The Kier molecular flexibility index (Phi) is 5.61. The van der Waals surface area contributed by atoms with Crippen molar-refractivity contribution in [3.63, 3.8) is 0 Å². The quantitative estimate of drug-likeness (QED) is 0.782. The highest BCUT2D eigenvalue weighted by atomic mass is 35.5. The van der Waals surface area contributed by atoms with Gasteiger partial charge in [0, 0.05) is 37.6 Å². The van der Waals surface area contributed by atoms with Crippen molar-refractivity contribution in [2.24, 2.45) is 0 Å². The predicted molar refractivity (Wildman–Crippen MR) is 109 cm³/mol. The van der Waals surface area contributed by atoms with Crippen LogP contribution in [0.3, 0.4) is 0 Å². The van der Waals surface area contributed by atoms with Crippen LogP contribution >= 0.6 is 22.9 Å². The van der Waals surface area contributed by atoms with Crippen molar-refractivity contribution in [1.82, 2.24) is 20.0 Å². The molecule has 0 N–H and O–H groups in total. The second-order valence-corrected chi connectivity index (χ2v) is 8.71. The van der Waals surface area contributed by atoms with Crippen LogP contribution < -0.4 is 4.90 Å². The lowest BCUT2D eigenvalue weighted by atomic mass is 10.2. The summed E-state index contributed by atoms with van der Waals surface area (Å²) in [5.41, 5.74) is 1.18. The van der Waals surface area contributed by atoms with Gasteiger partial charge in [-0.05, 0) is 44.1 Å². The molecule has 1 atom stereocenters. The molecule has 0 aliphatic carbocycles. The smallest absolute Gasteiger partial charge is 0.240 e. The highest BCUT2D eigenvalue weighted by Crippen LogP contribution is 2.25. The van der Waals surface area contributed by atoms with Gasteiger partial charge in [0.25, 0.3) is 0 Å². The second kappa shape index (κ2) is 8.12. The summed E-state index contributed by atoms with van der Waals surface area (Å²) >= 11 is 7.57. The van der Waals surface area contributed by atoms with Crippen LogP contribution in [0.15, 0.2) is 24.3 Å². The Hall–Kier alpha value is -1.70. The molecule has 3 heterocycles. The van der Waals surface area contributed by atoms with E-state index in [1.165, 1.54) is 5.56 Å². The largest absolute Gasteiger partial charge is 0.343 e. The van der Waals surface area contributed by atoms with Crippen LogP contribution in [0.25, 0.3) is 0 Å². The summed E-state index contributed by atoms with van der Waals surface area (Å²) in [4.78, 5) is 19.2. The summed E-state index contributed by atoms with van der Waals surface area (Å²) in [7, 11) is 2.05. The zero-order valence-corrected chi connectivity index (χ0v) is 17.0. The normalized spacial score (nSPS) is 21.0. The van der Waals surface area contributed by atoms with E-state index in [-0.39, 0.29) is 11.9 Å². The Morgan fingerprint density at radius 1 is 1.15 bits per heavy atom. The molecule has 2 saturated heterocycles. The molecule has 1 unspecified atom stereocenters. The average Bonchev–Trinajstić information content (AvgIpc) is 3.32. The van der Waals surface area contributed by atoms with Gasteiger partial charge in [0.1, 0.15) is 5.01 Å². The van der Waals surface area contributed by atoms with Crippen molar-refractivity contribution < 1.29 is 4.79 Å². The van der Waals surface area contributed by atoms with Crippen molar-refractivity contribution in [2.75, 3.05) is 44.7 Å². The third kappa shape index (κ3) is 4.25. The van der Waals surface area contributed by atoms with Gasteiger partial charge in [0.2, 0.25) is 11.0 Å². The molecule has 27 heavy (non-hydrogen) atoms. The minimum Gasteiger partial charge on any atom is -0.343 e. The Morgan fingerprint density at radius 3 is 2.56 bits per heavy atom. The van der Waals surface area contributed by atoms with Gasteiger partial charge in [-0.15, -0.1) is 10.2 Å². The van der Waals surface area contributed by atoms with Gasteiger partial charge in [0.15, 0.2) is 0 Å². The third-order valence-corrected chi connectivity index (χ3v) is 6.63. The fourth-order valence-electron chi connectivity index (χ4n) is 3.77. The molecule has 2 aromatic rings. The molecule has 1 amide bonds. The van der Waals surface area contributed by atoms with Gasteiger partial charge in [-0.3, -0.25) is 9.69 Å². The van der Waals surface area contributed by atoms with E-state index < -0.39 is 0 Å². The fourth-order valence-corrected chi connectivity index (χ4v) is 4.82. The second-order valence-electron chi connectivity index (χ2n) is 7.23. The third-order valence-electron chi connectivity index (χ3n) is 5.39. The minimum absolute atomic E-state index is 0.0732. The van der Waals surface area contributed by atoms with Gasteiger partial charge in [-0.1, -0.05) is 35.1 Å². The number of likely N-dealkylation sites (tertiary alicyclic amines) is 1. The number of hydrogen-bond acceptors (Lipinski definition) is 6. The summed E-state index contributed by atoms with van der Waals surface area (Å²) in [6.07, 6.45) is 2.87. The Labute approximate surface area is 168 Å². The van der Waals surface area contributed by atoms with Crippen LogP contribution in [0, 0.1) is 0 Å². The summed E-state index contributed by atoms with van der Waals surface area (Å²) in [6, 6.07) is 7.92. The number of likely N-dealkylation sites (N-methyl/N-ethyl adjacent to an activating group) is 1. The van der Waals surface area contributed by atoms with Gasteiger partial charge in [0.05, 0.1) is 6.04 Å². The summed E-state index contributed by atoms with van der Waals surface area (Å²) in [6.45, 7) is 4.18. The number of carbonyl (C=O) groups is 1. The molecule has 0 saturated carbocycles. The molecule has 2 aliphatic heterocycles. The lowest BCUT2D eigenvalue weighted by Crippen LogP contribution is -2.53. The van der Waals surface area contributed by atoms with E-state index in [2.05, 4.69) is 27.0 Å².